The van der Waals surface area contributed by atoms with Crippen LogP contribution in [0.5, 0.6) is 0 Å². The van der Waals surface area contributed by atoms with Crippen LogP contribution in [0.1, 0.15) is 62.4 Å². The van der Waals surface area contributed by atoms with Gasteiger partial charge in [-0.3, -0.25) is 9.36 Å². The lowest BCUT2D eigenvalue weighted by atomic mass is 9.63. The Labute approximate surface area is 179 Å². The topological polar surface area (TPSA) is 83.8 Å². The Morgan fingerprint density at radius 2 is 1.47 bits per heavy atom. The molecule has 5 nitrogen and oxygen atoms in total. The van der Waals surface area contributed by atoms with Crippen molar-refractivity contribution in [2.75, 3.05) is 12.8 Å². The van der Waals surface area contributed by atoms with Crippen molar-refractivity contribution >= 4 is 13.4 Å². The van der Waals surface area contributed by atoms with Gasteiger partial charge in [0, 0.05) is 17.6 Å². The van der Waals surface area contributed by atoms with Gasteiger partial charge in [0.15, 0.2) is 11.4 Å². The van der Waals surface area contributed by atoms with Gasteiger partial charge in [0.1, 0.15) is 0 Å². The van der Waals surface area contributed by atoms with Crippen molar-refractivity contribution in [3.63, 3.8) is 0 Å². The van der Waals surface area contributed by atoms with Gasteiger partial charge in [-0.1, -0.05) is 87.9 Å². The number of hydrogen-bond donors (Lipinski definition) is 2. The molecule has 6 heteroatoms. The van der Waals surface area contributed by atoms with E-state index in [1.165, 1.54) is 0 Å². The number of ketones is 1. The summed E-state index contributed by atoms with van der Waals surface area (Å²) in [5.41, 5.74) is -1.48. The first kappa shape index (κ1) is 24.5. The number of benzene rings is 2. The number of rotatable bonds is 12. The number of unbranched alkanes of at least 4 members (excludes halogenated alkanes) is 1. The van der Waals surface area contributed by atoms with Crippen molar-refractivity contribution in [3.8, 4) is 0 Å². The van der Waals surface area contributed by atoms with Gasteiger partial charge < -0.3 is 14.5 Å². The minimum atomic E-state index is -4.44. The lowest BCUT2D eigenvalue weighted by Gasteiger charge is -2.49. The summed E-state index contributed by atoms with van der Waals surface area (Å²) in [7, 11) is -4.44. The fourth-order valence-corrected chi connectivity index (χ4v) is 5.75. The van der Waals surface area contributed by atoms with E-state index < -0.39 is 24.8 Å². The molecule has 0 spiro atoms. The number of Topliss-reactive ketones (excluding diaryl/α,β-unsaturated/α-hetero) is 1. The maximum Gasteiger partial charge on any atom is 0.326 e. The lowest BCUT2D eigenvalue weighted by Crippen LogP contribution is -2.55. The summed E-state index contributed by atoms with van der Waals surface area (Å²) in [6.07, 6.45) is 1.97. The van der Waals surface area contributed by atoms with Gasteiger partial charge in [0.05, 0.1) is 6.16 Å². The predicted octanol–water partition coefficient (Wildman–Crippen LogP) is 5.57. The minimum Gasteiger partial charge on any atom is -0.361 e. The van der Waals surface area contributed by atoms with Crippen LogP contribution in [0.3, 0.4) is 0 Å². The fourth-order valence-electron chi connectivity index (χ4n) is 4.29. The molecular weight excluding hydrogens is 399 g/mol. The normalized spacial score (nSPS) is 14.3. The molecule has 0 fully saturated rings. The van der Waals surface area contributed by atoms with Crippen LogP contribution < -0.4 is 0 Å². The third-order valence-electron chi connectivity index (χ3n) is 5.96. The van der Waals surface area contributed by atoms with E-state index in [0.29, 0.717) is 30.6 Å². The largest absolute Gasteiger partial charge is 0.361 e. The molecule has 0 radical (unpaired) electrons. The number of ether oxygens (including phenoxy) is 1. The Balaban J connectivity index is 2.84. The van der Waals surface area contributed by atoms with Gasteiger partial charge in [-0.2, -0.15) is 0 Å². The second kappa shape index (κ2) is 10.5. The molecule has 0 bridgehead atoms. The standard InChI is InChI=1S/C24H33O5P/c1-4-7-18-29-24(21-16-12-9-13-17-21,22(25)20-14-10-8-11-15-20)23(5-2,6-3)19-30(26,27)28/h8-17H,4-7,18-19H2,1-3H3,(H2,26,27,28). The molecule has 0 saturated carbocycles. The minimum absolute atomic E-state index is 0.262. The molecule has 164 valence electrons. The van der Waals surface area contributed by atoms with E-state index in [-0.39, 0.29) is 5.78 Å². The van der Waals surface area contributed by atoms with Crippen LogP contribution in [0.25, 0.3) is 0 Å². The highest BCUT2D eigenvalue weighted by Gasteiger charge is 2.58. The van der Waals surface area contributed by atoms with Gasteiger partial charge in [0.25, 0.3) is 0 Å². The molecule has 0 aliphatic heterocycles. The summed E-state index contributed by atoms with van der Waals surface area (Å²) in [5, 5.41) is 0. The highest BCUT2D eigenvalue weighted by Crippen LogP contribution is 2.56. The van der Waals surface area contributed by atoms with Gasteiger partial charge in [-0.25, -0.2) is 0 Å². The van der Waals surface area contributed by atoms with Crippen LogP contribution in [0, 0.1) is 5.41 Å². The van der Waals surface area contributed by atoms with Crippen molar-refractivity contribution in [1.29, 1.82) is 0 Å². The Morgan fingerprint density at radius 3 is 1.93 bits per heavy atom. The summed E-state index contributed by atoms with van der Waals surface area (Å²) in [4.78, 5) is 34.1. The Morgan fingerprint density at radius 1 is 0.933 bits per heavy atom. The van der Waals surface area contributed by atoms with E-state index in [9.17, 15) is 19.1 Å². The van der Waals surface area contributed by atoms with Crippen LogP contribution in [0.4, 0.5) is 0 Å². The summed E-state index contributed by atoms with van der Waals surface area (Å²) < 4.78 is 18.7. The molecule has 0 aliphatic carbocycles. The number of carbonyl (C=O) groups excluding carboxylic acids is 1. The Hall–Kier alpha value is -1.78. The van der Waals surface area contributed by atoms with Crippen molar-refractivity contribution in [2.45, 2.75) is 52.1 Å². The third-order valence-corrected chi connectivity index (χ3v) is 6.98. The maximum absolute atomic E-state index is 14.1. The summed E-state index contributed by atoms with van der Waals surface area (Å²) in [5.74, 6) is -0.262. The maximum atomic E-state index is 14.1. The summed E-state index contributed by atoms with van der Waals surface area (Å²) in [6.45, 7) is 6.11. The monoisotopic (exact) mass is 432 g/mol. The molecule has 30 heavy (non-hydrogen) atoms. The molecule has 2 N–H and O–H groups in total. The van der Waals surface area contributed by atoms with Crippen LogP contribution >= 0.6 is 7.60 Å². The zero-order chi connectivity index (χ0) is 22.3. The van der Waals surface area contributed by atoms with E-state index in [4.69, 9.17) is 4.74 Å². The van der Waals surface area contributed by atoms with Crippen molar-refractivity contribution < 1.29 is 23.9 Å². The first-order valence-corrected chi connectivity index (χ1v) is 12.4. The quantitative estimate of drug-likeness (QED) is 0.260. The predicted molar refractivity (Wildman–Crippen MR) is 120 cm³/mol. The molecule has 1 unspecified atom stereocenters. The Kier molecular flexibility index (Phi) is 8.57. The van der Waals surface area contributed by atoms with Crippen LogP contribution in [-0.2, 0) is 14.9 Å². The first-order valence-electron chi connectivity index (χ1n) is 10.6. The van der Waals surface area contributed by atoms with Gasteiger partial charge in [-0.15, -0.1) is 0 Å². The van der Waals surface area contributed by atoms with Crippen molar-refractivity contribution in [3.05, 3.63) is 71.8 Å². The summed E-state index contributed by atoms with van der Waals surface area (Å²) >= 11 is 0. The zero-order valence-electron chi connectivity index (χ0n) is 18.1. The van der Waals surface area contributed by atoms with Crippen molar-refractivity contribution in [2.24, 2.45) is 5.41 Å². The second-order valence-corrected chi connectivity index (χ2v) is 9.40. The molecule has 2 rings (SSSR count). The molecule has 0 aliphatic rings. The highest BCUT2D eigenvalue weighted by atomic mass is 31.2. The van der Waals surface area contributed by atoms with Gasteiger partial charge in [-0.05, 0) is 24.8 Å². The Bertz CT molecular complexity index is 842. The fraction of sp³-hybridized carbons (Fsp3) is 0.458. The van der Waals surface area contributed by atoms with Gasteiger partial charge >= 0.3 is 7.60 Å². The smallest absolute Gasteiger partial charge is 0.326 e. The molecule has 2 aromatic carbocycles. The van der Waals surface area contributed by atoms with E-state index in [2.05, 4.69) is 0 Å². The lowest BCUT2D eigenvalue weighted by molar-refractivity contribution is -0.110. The number of carbonyl (C=O) groups is 1. The van der Waals surface area contributed by atoms with E-state index in [1.54, 1.807) is 24.3 Å². The molecule has 1 atom stereocenters. The van der Waals surface area contributed by atoms with E-state index in [1.807, 2.05) is 57.2 Å². The molecule has 0 aromatic heterocycles. The average Bonchev–Trinajstić information content (AvgIpc) is 2.75. The van der Waals surface area contributed by atoms with Crippen LogP contribution in [0.15, 0.2) is 60.7 Å². The zero-order valence-corrected chi connectivity index (χ0v) is 19.0. The second-order valence-electron chi connectivity index (χ2n) is 7.75. The van der Waals surface area contributed by atoms with Gasteiger partial charge in [0.2, 0.25) is 0 Å². The summed E-state index contributed by atoms with van der Waals surface area (Å²) in [6, 6.07) is 18.1. The van der Waals surface area contributed by atoms with Crippen LogP contribution in [-0.4, -0.2) is 28.3 Å². The van der Waals surface area contributed by atoms with E-state index in [0.717, 1.165) is 12.8 Å². The number of hydrogen-bond acceptors (Lipinski definition) is 3. The molecular formula is C24H33O5P. The molecule has 0 heterocycles. The average molecular weight is 432 g/mol. The van der Waals surface area contributed by atoms with Crippen molar-refractivity contribution in [1.82, 2.24) is 0 Å². The SMILES string of the molecule is CCCCOC(C(=O)c1ccccc1)(c1ccccc1)C(CC)(CC)CP(=O)(O)O. The highest BCUT2D eigenvalue weighted by molar-refractivity contribution is 7.51. The first-order chi connectivity index (χ1) is 14.3. The molecule has 0 amide bonds. The van der Waals surface area contributed by atoms with E-state index >= 15 is 0 Å². The van der Waals surface area contributed by atoms with Crippen LogP contribution in [0.2, 0.25) is 0 Å². The molecule has 0 saturated heterocycles. The third kappa shape index (κ3) is 5.09. The molecule has 2 aromatic rings.